The second-order valence-corrected chi connectivity index (χ2v) is 5.08. The van der Waals surface area contributed by atoms with Crippen LogP contribution in [-0.4, -0.2) is 23.2 Å². The number of thioether (sulfide) groups is 1. The largest absolute Gasteiger partial charge is 0.396 e. The Morgan fingerprint density at radius 1 is 1.45 bits per heavy atom. The second kappa shape index (κ2) is 2.98. The summed E-state index contributed by atoms with van der Waals surface area (Å²) in [6, 6.07) is 0. The topological polar surface area (TPSA) is 20.2 Å². The van der Waals surface area contributed by atoms with E-state index in [9.17, 15) is 5.11 Å². The maximum atomic E-state index is 9.20. The van der Waals surface area contributed by atoms with Crippen LogP contribution in [0.15, 0.2) is 0 Å². The predicted molar refractivity (Wildman–Crippen MR) is 48.8 cm³/mol. The zero-order valence-electron chi connectivity index (χ0n) is 6.88. The lowest BCUT2D eigenvalue weighted by atomic mass is 9.87. The van der Waals surface area contributed by atoms with Crippen LogP contribution in [0, 0.1) is 11.3 Å². The third kappa shape index (κ3) is 1.43. The SMILES string of the molecule is OCC1(C2CCCSC2)CC1. The van der Waals surface area contributed by atoms with Crippen molar-refractivity contribution in [3.05, 3.63) is 0 Å². The summed E-state index contributed by atoms with van der Waals surface area (Å²) in [6.07, 6.45) is 5.31. The van der Waals surface area contributed by atoms with Crippen molar-refractivity contribution in [2.24, 2.45) is 11.3 Å². The number of hydrogen-bond donors (Lipinski definition) is 1. The maximum absolute atomic E-state index is 9.20. The van der Waals surface area contributed by atoms with Crippen LogP contribution in [0.4, 0.5) is 0 Å². The van der Waals surface area contributed by atoms with Crippen LogP contribution >= 0.6 is 11.8 Å². The summed E-state index contributed by atoms with van der Waals surface area (Å²) in [4.78, 5) is 0. The summed E-state index contributed by atoms with van der Waals surface area (Å²) in [6.45, 7) is 0.443. The van der Waals surface area contributed by atoms with Crippen molar-refractivity contribution in [3.63, 3.8) is 0 Å². The molecule has 0 radical (unpaired) electrons. The van der Waals surface area contributed by atoms with Gasteiger partial charge in [0.15, 0.2) is 0 Å². The molecule has 0 amide bonds. The average Bonchev–Trinajstić information content (AvgIpc) is 2.86. The minimum Gasteiger partial charge on any atom is -0.396 e. The Morgan fingerprint density at radius 3 is 2.73 bits per heavy atom. The summed E-state index contributed by atoms with van der Waals surface area (Å²) in [5, 5.41) is 9.20. The van der Waals surface area contributed by atoms with Gasteiger partial charge in [0.25, 0.3) is 0 Å². The van der Waals surface area contributed by atoms with Gasteiger partial charge in [0.2, 0.25) is 0 Å². The molecule has 0 aromatic heterocycles. The lowest BCUT2D eigenvalue weighted by molar-refractivity contribution is 0.158. The van der Waals surface area contributed by atoms with Crippen molar-refractivity contribution in [1.82, 2.24) is 0 Å². The van der Waals surface area contributed by atoms with Crippen LogP contribution in [0.1, 0.15) is 25.7 Å². The molecule has 11 heavy (non-hydrogen) atoms. The van der Waals surface area contributed by atoms with Gasteiger partial charge in [0.05, 0.1) is 0 Å². The highest BCUT2D eigenvalue weighted by atomic mass is 32.2. The highest BCUT2D eigenvalue weighted by Crippen LogP contribution is 2.54. The fourth-order valence-corrected chi connectivity index (χ4v) is 3.42. The molecule has 64 valence electrons. The zero-order chi connectivity index (χ0) is 7.73. The van der Waals surface area contributed by atoms with Crippen LogP contribution < -0.4 is 0 Å². The number of aliphatic hydroxyl groups is 1. The van der Waals surface area contributed by atoms with E-state index in [0.717, 1.165) is 5.92 Å². The molecular formula is C9H16OS. The number of rotatable bonds is 2. The van der Waals surface area contributed by atoms with Crippen molar-refractivity contribution < 1.29 is 5.11 Å². The van der Waals surface area contributed by atoms with Gasteiger partial charge in [-0.1, -0.05) is 0 Å². The highest BCUT2D eigenvalue weighted by molar-refractivity contribution is 7.99. The first-order valence-electron chi connectivity index (χ1n) is 4.56. The zero-order valence-corrected chi connectivity index (χ0v) is 7.70. The number of aliphatic hydroxyl groups excluding tert-OH is 1. The first kappa shape index (κ1) is 7.93. The van der Waals surface area contributed by atoms with Gasteiger partial charge in [-0.3, -0.25) is 0 Å². The fraction of sp³-hybridized carbons (Fsp3) is 1.00. The summed E-state index contributed by atoms with van der Waals surface area (Å²) < 4.78 is 0. The molecule has 0 spiro atoms. The molecule has 1 aliphatic heterocycles. The summed E-state index contributed by atoms with van der Waals surface area (Å²) in [5.74, 6) is 3.49. The molecule has 2 rings (SSSR count). The van der Waals surface area contributed by atoms with Crippen LogP contribution in [0.5, 0.6) is 0 Å². The Kier molecular flexibility index (Phi) is 2.15. The summed E-state index contributed by atoms with van der Waals surface area (Å²) in [5.41, 5.74) is 0.396. The summed E-state index contributed by atoms with van der Waals surface area (Å²) in [7, 11) is 0. The molecule has 1 saturated heterocycles. The van der Waals surface area contributed by atoms with Crippen molar-refractivity contribution >= 4 is 11.8 Å². The lowest BCUT2D eigenvalue weighted by Gasteiger charge is -2.28. The molecule has 1 saturated carbocycles. The fourth-order valence-electron chi connectivity index (χ4n) is 2.08. The Balaban J connectivity index is 1.92. The van der Waals surface area contributed by atoms with E-state index < -0.39 is 0 Å². The maximum Gasteiger partial charge on any atom is 0.0490 e. The molecule has 2 fully saturated rings. The quantitative estimate of drug-likeness (QED) is 0.686. The van der Waals surface area contributed by atoms with Crippen LogP contribution in [0.25, 0.3) is 0 Å². The lowest BCUT2D eigenvalue weighted by Crippen LogP contribution is -2.25. The normalized spacial score (nSPS) is 35.2. The van der Waals surface area contributed by atoms with E-state index in [-0.39, 0.29) is 0 Å². The minimum atomic E-state index is 0.396. The minimum absolute atomic E-state index is 0.396. The van der Waals surface area contributed by atoms with Crippen molar-refractivity contribution in [2.75, 3.05) is 18.1 Å². The van der Waals surface area contributed by atoms with Gasteiger partial charge in [0, 0.05) is 6.61 Å². The third-order valence-electron chi connectivity index (χ3n) is 3.23. The van der Waals surface area contributed by atoms with E-state index in [1.165, 1.54) is 37.2 Å². The van der Waals surface area contributed by atoms with E-state index in [4.69, 9.17) is 0 Å². The first-order valence-corrected chi connectivity index (χ1v) is 5.71. The Morgan fingerprint density at radius 2 is 2.27 bits per heavy atom. The molecule has 0 bridgehead atoms. The van der Waals surface area contributed by atoms with Gasteiger partial charge in [0.1, 0.15) is 0 Å². The van der Waals surface area contributed by atoms with Crippen molar-refractivity contribution in [2.45, 2.75) is 25.7 Å². The smallest absolute Gasteiger partial charge is 0.0490 e. The van der Waals surface area contributed by atoms with E-state index >= 15 is 0 Å². The molecule has 1 nitrogen and oxygen atoms in total. The monoisotopic (exact) mass is 172 g/mol. The number of hydrogen-bond acceptors (Lipinski definition) is 2. The first-order chi connectivity index (χ1) is 5.37. The van der Waals surface area contributed by atoms with E-state index in [0.29, 0.717) is 12.0 Å². The van der Waals surface area contributed by atoms with Crippen molar-refractivity contribution in [1.29, 1.82) is 0 Å². The van der Waals surface area contributed by atoms with E-state index in [1.54, 1.807) is 0 Å². The van der Waals surface area contributed by atoms with Gasteiger partial charge >= 0.3 is 0 Å². The molecule has 1 atom stereocenters. The van der Waals surface area contributed by atoms with Crippen LogP contribution in [-0.2, 0) is 0 Å². The molecule has 0 aromatic rings. The van der Waals surface area contributed by atoms with Gasteiger partial charge < -0.3 is 5.11 Å². The van der Waals surface area contributed by atoms with Gasteiger partial charge in [-0.15, -0.1) is 0 Å². The molecular weight excluding hydrogens is 156 g/mol. The van der Waals surface area contributed by atoms with Crippen LogP contribution in [0.2, 0.25) is 0 Å². The van der Waals surface area contributed by atoms with E-state index in [1.807, 2.05) is 0 Å². The highest BCUT2D eigenvalue weighted by Gasteiger charge is 2.48. The Hall–Kier alpha value is 0.310. The molecule has 1 unspecified atom stereocenters. The average molecular weight is 172 g/mol. The molecule has 1 aliphatic carbocycles. The molecule has 2 aliphatic rings. The van der Waals surface area contributed by atoms with Crippen LogP contribution in [0.3, 0.4) is 0 Å². The Bertz CT molecular complexity index is 136. The molecule has 1 N–H and O–H groups in total. The van der Waals surface area contributed by atoms with Gasteiger partial charge in [-0.25, -0.2) is 0 Å². The molecule has 1 heterocycles. The van der Waals surface area contributed by atoms with Crippen molar-refractivity contribution in [3.8, 4) is 0 Å². The van der Waals surface area contributed by atoms with Gasteiger partial charge in [-0.05, 0) is 48.5 Å². The predicted octanol–water partition coefficient (Wildman–Crippen LogP) is 1.90. The Labute approximate surface area is 72.6 Å². The third-order valence-corrected chi connectivity index (χ3v) is 4.45. The standard InChI is InChI=1S/C9H16OS/c10-7-9(3-4-9)8-2-1-5-11-6-8/h8,10H,1-7H2. The van der Waals surface area contributed by atoms with Gasteiger partial charge in [-0.2, -0.15) is 11.8 Å². The molecule has 0 aromatic carbocycles. The summed E-state index contributed by atoms with van der Waals surface area (Å²) >= 11 is 2.07. The second-order valence-electron chi connectivity index (χ2n) is 3.93. The molecule has 2 heteroatoms. The van der Waals surface area contributed by atoms with E-state index in [2.05, 4.69) is 11.8 Å².